The molecule has 3 unspecified atom stereocenters. The highest BCUT2D eigenvalue weighted by atomic mass is 79.9. The number of likely N-dealkylation sites (tertiary alicyclic amines) is 1. The van der Waals surface area contributed by atoms with Crippen LogP contribution in [-0.4, -0.2) is 79.1 Å². The van der Waals surface area contributed by atoms with E-state index in [4.69, 9.17) is 20.9 Å². The van der Waals surface area contributed by atoms with Gasteiger partial charge in [0.25, 0.3) is 0 Å². The molecular formula is C39H50BrN11O4. The van der Waals surface area contributed by atoms with Crippen molar-refractivity contribution in [2.45, 2.75) is 90.1 Å². The van der Waals surface area contributed by atoms with Crippen molar-refractivity contribution in [1.82, 2.24) is 34.4 Å². The molecule has 3 aliphatic heterocycles. The molecule has 15 nitrogen and oxygen atoms in total. The SMILES string of the molecule is CCN(CC)c1cccc(C2CCCCN2C(=O)C(=O)Nc2cnc(N)c3cnn(C4CCCCO4)c23)c1.Nc1ncc(Br)c2c1cnn2C1CCCCO1. The quantitative estimate of drug-likeness (QED) is 0.148. The van der Waals surface area contributed by atoms with Crippen LogP contribution in [0.2, 0.25) is 0 Å². The third-order valence-corrected chi connectivity index (χ3v) is 11.3. The van der Waals surface area contributed by atoms with Gasteiger partial charge in [0.15, 0.2) is 12.5 Å². The number of carbonyl (C=O) groups excluding carboxylic acids is 2. The minimum absolute atomic E-state index is 0.0133. The molecule has 3 aliphatic rings. The summed E-state index contributed by atoms with van der Waals surface area (Å²) < 4.78 is 16.2. The largest absolute Gasteiger partial charge is 0.383 e. The minimum atomic E-state index is -0.693. The van der Waals surface area contributed by atoms with Gasteiger partial charge in [0.05, 0.1) is 51.1 Å². The van der Waals surface area contributed by atoms with Crippen LogP contribution in [-0.2, 0) is 19.1 Å². The number of ether oxygens (including phenoxy) is 2. The number of carbonyl (C=O) groups is 2. The first-order valence-corrected chi connectivity index (χ1v) is 20.2. The zero-order valence-electron chi connectivity index (χ0n) is 31.5. The van der Waals surface area contributed by atoms with Gasteiger partial charge in [0.2, 0.25) is 0 Å². The molecule has 2 amide bonds. The Bertz CT molecular complexity index is 2120. The average Bonchev–Trinajstić information content (AvgIpc) is 3.89. The van der Waals surface area contributed by atoms with Crippen molar-refractivity contribution in [3.8, 4) is 0 Å². The highest BCUT2D eigenvalue weighted by molar-refractivity contribution is 9.10. The lowest BCUT2D eigenvalue weighted by Gasteiger charge is -2.36. The third-order valence-electron chi connectivity index (χ3n) is 10.7. The van der Waals surface area contributed by atoms with Gasteiger partial charge in [-0.25, -0.2) is 19.3 Å². The van der Waals surface area contributed by atoms with E-state index in [1.807, 2.05) is 10.7 Å². The van der Waals surface area contributed by atoms with Gasteiger partial charge < -0.3 is 36.1 Å². The molecule has 1 aromatic carbocycles. The molecular weight excluding hydrogens is 766 g/mol. The van der Waals surface area contributed by atoms with Crippen LogP contribution in [0.1, 0.15) is 95.7 Å². The number of nitrogens with one attached hydrogen (secondary N) is 1. The Hall–Kier alpha value is -4.80. The summed E-state index contributed by atoms with van der Waals surface area (Å²) in [5.41, 5.74) is 16.1. The van der Waals surface area contributed by atoms with Gasteiger partial charge in [-0.1, -0.05) is 12.1 Å². The second-order valence-corrected chi connectivity index (χ2v) is 15.0. The van der Waals surface area contributed by atoms with Crippen molar-refractivity contribution < 1.29 is 19.1 Å². The number of pyridine rings is 2. The number of benzene rings is 1. The first-order valence-electron chi connectivity index (χ1n) is 19.4. The standard InChI is InChI=1S/C28H37N7O3.C11H13BrN4O/c1-3-33(4-2)20-11-9-10-19(16-20)23-12-5-7-14-34(23)28(37)27(36)32-22-18-30-26(29)21-17-31-35(25(21)22)24-13-6-8-15-38-24;12-8-6-14-11(13)7-5-15-16(10(7)8)9-3-1-2-4-17-9/h9-11,16-18,23-24H,3-8,12-15H2,1-2H3,(H2,29,30)(H,32,36);5-6,9H,1-4H2,(H2,13,14). The molecule has 0 radical (unpaired) electrons. The lowest BCUT2D eigenvalue weighted by Crippen LogP contribution is -2.44. The highest BCUT2D eigenvalue weighted by Gasteiger charge is 2.33. The maximum absolute atomic E-state index is 13.6. The zero-order chi connectivity index (χ0) is 38.5. The molecule has 3 fully saturated rings. The Labute approximate surface area is 328 Å². The first kappa shape index (κ1) is 38.5. The molecule has 55 heavy (non-hydrogen) atoms. The second kappa shape index (κ2) is 17.3. The van der Waals surface area contributed by atoms with Crippen molar-refractivity contribution in [2.24, 2.45) is 0 Å². The Balaban J connectivity index is 0.000000227. The van der Waals surface area contributed by atoms with E-state index in [1.54, 1.807) is 28.2 Å². The van der Waals surface area contributed by atoms with Crippen molar-refractivity contribution in [2.75, 3.05) is 54.5 Å². The smallest absolute Gasteiger partial charge is 0.314 e. The van der Waals surface area contributed by atoms with Crippen molar-refractivity contribution >= 4 is 72.6 Å². The molecule has 0 aliphatic carbocycles. The number of fused-ring (bicyclic) bond motifs is 2. The van der Waals surface area contributed by atoms with E-state index in [9.17, 15) is 9.59 Å². The van der Waals surface area contributed by atoms with Gasteiger partial charge in [-0.05, 0) is 105 Å². The van der Waals surface area contributed by atoms with Crippen LogP contribution < -0.4 is 21.7 Å². The lowest BCUT2D eigenvalue weighted by atomic mass is 9.94. The van der Waals surface area contributed by atoms with Gasteiger partial charge in [0.1, 0.15) is 17.2 Å². The molecule has 16 heteroatoms. The molecule has 3 atom stereocenters. The van der Waals surface area contributed by atoms with Crippen LogP contribution in [0.15, 0.2) is 53.5 Å². The maximum Gasteiger partial charge on any atom is 0.314 e. The number of hydrogen-bond acceptors (Lipinski definition) is 11. The number of aromatic nitrogens is 6. The summed E-state index contributed by atoms with van der Waals surface area (Å²) in [6, 6.07) is 8.18. The second-order valence-electron chi connectivity index (χ2n) is 14.1. The molecule has 292 valence electrons. The van der Waals surface area contributed by atoms with Gasteiger partial charge in [-0.15, -0.1) is 0 Å². The number of nitrogens with zero attached hydrogens (tertiary/aromatic N) is 8. The topological polar surface area (TPSA) is 185 Å². The van der Waals surface area contributed by atoms with Crippen molar-refractivity contribution in [3.05, 3.63) is 59.1 Å². The molecule has 5 aromatic rings. The monoisotopic (exact) mass is 815 g/mol. The number of anilines is 4. The van der Waals surface area contributed by atoms with Crippen molar-refractivity contribution in [3.63, 3.8) is 0 Å². The van der Waals surface area contributed by atoms with Crippen LogP contribution in [0.5, 0.6) is 0 Å². The number of halogens is 1. The lowest BCUT2D eigenvalue weighted by molar-refractivity contribution is -0.145. The summed E-state index contributed by atoms with van der Waals surface area (Å²) in [6.07, 6.45) is 15.2. The van der Waals surface area contributed by atoms with E-state index >= 15 is 0 Å². The third kappa shape index (κ3) is 8.12. The molecule has 5 N–H and O–H groups in total. The Kier molecular flexibility index (Phi) is 12.1. The normalized spacial score (nSPS) is 20.2. The summed E-state index contributed by atoms with van der Waals surface area (Å²) in [6.45, 7) is 8.06. The summed E-state index contributed by atoms with van der Waals surface area (Å²) in [5, 5.41) is 13.2. The van der Waals surface area contributed by atoms with Gasteiger partial charge >= 0.3 is 11.8 Å². The van der Waals surface area contributed by atoms with Crippen LogP contribution in [0.4, 0.5) is 23.0 Å². The van der Waals surface area contributed by atoms with Crippen LogP contribution in [0.25, 0.3) is 21.8 Å². The molecule has 7 heterocycles. The van der Waals surface area contributed by atoms with Gasteiger partial charge in [0, 0.05) is 44.7 Å². The summed E-state index contributed by atoms with van der Waals surface area (Å²) in [7, 11) is 0. The van der Waals surface area contributed by atoms with Gasteiger partial charge in [-0.3, -0.25) is 9.59 Å². The molecule has 0 bridgehead atoms. The van der Waals surface area contributed by atoms with Gasteiger partial charge in [-0.2, -0.15) is 10.2 Å². The average molecular weight is 817 g/mol. The molecule has 0 spiro atoms. The zero-order valence-corrected chi connectivity index (χ0v) is 33.1. The van der Waals surface area contributed by atoms with Crippen molar-refractivity contribution in [1.29, 1.82) is 0 Å². The van der Waals surface area contributed by atoms with E-state index in [-0.39, 0.29) is 18.5 Å². The number of piperidine rings is 1. The predicted molar refractivity (Wildman–Crippen MR) is 216 cm³/mol. The van der Waals surface area contributed by atoms with E-state index in [1.165, 1.54) is 12.6 Å². The van der Waals surface area contributed by atoms with Crippen LogP contribution in [0, 0.1) is 0 Å². The summed E-state index contributed by atoms with van der Waals surface area (Å²) >= 11 is 3.49. The predicted octanol–water partition coefficient (Wildman–Crippen LogP) is 6.73. The highest BCUT2D eigenvalue weighted by Crippen LogP contribution is 2.35. The Morgan fingerprint density at radius 2 is 1.45 bits per heavy atom. The fourth-order valence-electron chi connectivity index (χ4n) is 7.83. The fraction of sp³-hybridized carbons (Fsp3) is 0.487. The Morgan fingerprint density at radius 3 is 2.09 bits per heavy atom. The van der Waals surface area contributed by atoms with Crippen LogP contribution in [0.3, 0.4) is 0 Å². The van der Waals surface area contributed by atoms with E-state index in [0.717, 1.165) is 97.7 Å². The van der Waals surface area contributed by atoms with E-state index in [0.29, 0.717) is 41.4 Å². The number of nitrogens with two attached hydrogens (primary N) is 2. The number of amides is 2. The summed E-state index contributed by atoms with van der Waals surface area (Å²) in [5.74, 6) is -0.421. The number of nitrogen functional groups attached to an aromatic ring is 2. The van der Waals surface area contributed by atoms with E-state index in [2.05, 4.69) is 78.4 Å². The number of hydrogen-bond donors (Lipinski definition) is 3. The molecule has 8 rings (SSSR count). The van der Waals surface area contributed by atoms with E-state index < -0.39 is 11.8 Å². The fourth-order valence-corrected chi connectivity index (χ4v) is 8.33. The molecule has 4 aromatic heterocycles. The maximum atomic E-state index is 13.6. The molecule has 0 saturated carbocycles. The minimum Gasteiger partial charge on any atom is -0.383 e. The Morgan fingerprint density at radius 1 is 0.836 bits per heavy atom. The summed E-state index contributed by atoms with van der Waals surface area (Å²) in [4.78, 5) is 39.3. The molecule has 3 saturated heterocycles. The van der Waals surface area contributed by atoms with Crippen LogP contribution >= 0.6 is 15.9 Å². The first-order chi connectivity index (χ1) is 26.8. The number of rotatable bonds is 7.